The van der Waals surface area contributed by atoms with E-state index in [4.69, 9.17) is 14.2 Å². The van der Waals surface area contributed by atoms with Crippen molar-refractivity contribution in [1.82, 2.24) is 15.1 Å². The fourth-order valence-corrected chi connectivity index (χ4v) is 6.48. The zero-order valence-electron chi connectivity index (χ0n) is 28.7. The maximum Gasteiger partial charge on any atom is 0.407 e. The van der Waals surface area contributed by atoms with Crippen LogP contribution < -0.4 is 10.1 Å². The van der Waals surface area contributed by atoms with E-state index in [-0.39, 0.29) is 37.8 Å². The minimum atomic E-state index is -1.01. The van der Waals surface area contributed by atoms with Crippen LogP contribution in [0, 0.1) is 5.92 Å². The number of fused-ring (bicyclic) bond motifs is 1. The number of ether oxygens (including phenoxy) is 3. The fourth-order valence-electron chi connectivity index (χ4n) is 6.48. The maximum absolute atomic E-state index is 14.1. The summed E-state index contributed by atoms with van der Waals surface area (Å²) < 4.78 is 16.8. The summed E-state index contributed by atoms with van der Waals surface area (Å²) in [5.74, 6) is 0.742. The van der Waals surface area contributed by atoms with Gasteiger partial charge in [0.2, 0.25) is 5.91 Å². The van der Waals surface area contributed by atoms with E-state index in [1.807, 2.05) is 92.7 Å². The van der Waals surface area contributed by atoms with Crippen LogP contribution in [0.15, 0.2) is 78.9 Å². The number of aliphatic hydroxyl groups is 2. The van der Waals surface area contributed by atoms with Gasteiger partial charge in [0.25, 0.3) is 0 Å². The molecule has 0 unspecified atom stereocenters. The van der Waals surface area contributed by atoms with Gasteiger partial charge in [-0.05, 0) is 53.1 Å². The third kappa shape index (κ3) is 10.8. The molecule has 0 bridgehead atoms. The van der Waals surface area contributed by atoms with Crippen LogP contribution in [0.25, 0.3) is 0 Å². The van der Waals surface area contributed by atoms with Gasteiger partial charge in [0.15, 0.2) is 0 Å². The molecule has 0 spiro atoms. The molecule has 10 nitrogen and oxygen atoms in total. The highest BCUT2D eigenvalue weighted by Gasteiger charge is 2.38. The van der Waals surface area contributed by atoms with Crippen molar-refractivity contribution in [2.45, 2.75) is 70.4 Å². The van der Waals surface area contributed by atoms with E-state index in [0.717, 1.165) is 60.9 Å². The molecule has 3 aromatic carbocycles. The highest BCUT2D eigenvalue weighted by Crippen LogP contribution is 2.37. The van der Waals surface area contributed by atoms with E-state index in [0.29, 0.717) is 19.4 Å². The molecular formula is C39H51N3O7. The standard InChI is InChI=1S/C39H51N3O7/c1-28(2)27-49-39(46)40-34(24-29-8-4-3-5-9-29)35(43)16-17-37(45)42(38-33-11-7-6-10-31(33)25-36(38)44)26-30-12-14-32(15-13-30)48-23-20-41-18-21-47-22-19-41/h3-15,28,34-36,38,43-44H,16-27H2,1-2H3,(H,40,46)/t34-,35-,36+,38-/m0/s1. The lowest BCUT2D eigenvalue weighted by Crippen LogP contribution is -2.46. The summed E-state index contributed by atoms with van der Waals surface area (Å²) in [5.41, 5.74) is 3.81. The Morgan fingerprint density at radius 3 is 2.43 bits per heavy atom. The topological polar surface area (TPSA) is 121 Å². The molecule has 1 heterocycles. The van der Waals surface area contributed by atoms with Crippen molar-refractivity contribution in [3.63, 3.8) is 0 Å². The Morgan fingerprint density at radius 2 is 1.69 bits per heavy atom. The molecule has 3 aromatic rings. The van der Waals surface area contributed by atoms with E-state index in [9.17, 15) is 19.8 Å². The van der Waals surface area contributed by atoms with Crippen molar-refractivity contribution < 1.29 is 34.0 Å². The molecule has 4 atom stereocenters. The Morgan fingerprint density at radius 1 is 0.980 bits per heavy atom. The molecule has 3 N–H and O–H groups in total. The van der Waals surface area contributed by atoms with Crippen molar-refractivity contribution >= 4 is 12.0 Å². The number of carbonyl (C=O) groups is 2. The van der Waals surface area contributed by atoms with Crippen LogP contribution >= 0.6 is 0 Å². The molecule has 10 heteroatoms. The zero-order chi connectivity index (χ0) is 34.6. The van der Waals surface area contributed by atoms with Crippen molar-refractivity contribution in [2.24, 2.45) is 5.92 Å². The van der Waals surface area contributed by atoms with Gasteiger partial charge >= 0.3 is 6.09 Å². The van der Waals surface area contributed by atoms with Gasteiger partial charge in [0.1, 0.15) is 12.4 Å². The van der Waals surface area contributed by atoms with Gasteiger partial charge in [-0.15, -0.1) is 0 Å². The van der Waals surface area contributed by atoms with Gasteiger partial charge in [0, 0.05) is 39.0 Å². The predicted octanol–water partition coefficient (Wildman–Crippen LogP) is 4.52. The van der Waals surface area contributed by atoms with Gasteiger partial charge < -0.3 is 34.6 Å². The number of hydrogen-bond donors (Lipinski definition) is 3. The molecule has 5 rings (SSSR count). The minimum Gasteiger partial charge on any atom is -0.492 e. The molecule has 49 heavy (non-hydrogen) atoms. The molecule has 0 aromatic heterocycles. The summed E-state index contributed by atoms with van der Waals surface area (Å²) >= 11 is 0. The van der Waals surface area contributed by atoms with Crippen molar-refractivity contribution in [2.75, 3.05) is 46.1 Å². The van der Waals surface area contributed by atoms with Crippen LogP contribution in [0.3, 0.4) is 0 Å². The molecule has 264 valence electrons. The Labute approximate surface area is 290 Å². The lowest BCUT2D eigenvalue weighted by Gasteiger charge is -2.33. The number of morpholine rings is 1. The van der Waals surface area contributed by atoms with E-state index in [1.54, 1.807) is 4.90 Å². The van der Waals surface area contributed by atoms with Crippen LogP contribution in [-0.4, -0.2) is 96.3 Å². The number of rotatable bonds is 16. The summed E-state index contributed by atoms with van der Waals surface area (Å²) in [7, 11) is 0. The summed E-state index contributed by atoms with van der Waals surface area (Å²) in [5, 5.41) is 25.4. The molecule has 1 saturated heterocycles. The smallest absolute Gasteiger partial charge is 0.407 e. The summed E-state index contributed by atoms with van der Waals surface area (Å²) in [6, 6.07) is 24.0. The number of amides is 2. The molecule has 1 fully saturated rings. The number of hydrogen-bond acceptors (Lipinski definition) is 8. The Bertz CT molecular complexity index is 1460. The van der Waals surface area contributed by atoms with Gasteiger partial charge in [0.05, 0.1) is 44.1 Å². The Kier molecular flexibility index (Phi) is 13.5. The average Bonchev–Trinajstić information content (AvgIpc) is 3.45. The quantitative estimate of drug-likeness (QED) is 0.203. The molecule has 0 radical (unpaired) electrons. The largest absolute Gasteiger partial charge is 0.492 e. The maximum atomic E-state index is 14.1. The second kappa shape index (κ2) is 18.2. The van der Waals surface area contributed by atoms with Crippen molar-refractivity contribution in [3.8, 4) is 5.75 Å². The number of nitrogens with one attached hydrogen (secondary N) is 1. The minimum absolute atomic E-state index is 0.0311. The Hall–Kier alpha value is -3.96. The van der Waals surface area contributed by atoms with Crippen molar-refractivity contribution in [1.29, 1.82) is 0 Å². The van der Waals surface area contributed by atoms with Crippen molar-refractivity contribution in [3.05, 3.63) is 101 Å². The first kappa shape index (κ1) is 36.3. The van der Waals surface area contributed by atoms with Gasteiger partial charge in [-0.3, -0.25) is 9.69 Å². The highest BCUT2D eigenvalue weighted by molar-refractivity contribution is 5.77. The van der Waals surface area contributed by atoms with Gasteiger partial charge in [-0.25, -0.2) is 4.79 Å². The molecule has 1 aliphatic carbocycles. The lowest BCUT2D eigenvalue weighted by molar-refractivity contribution is -0.137. The van der Waals surface area contributed by atoms with Crippen LogP contribution in [0.4, 0.5) is 4.79 Å². The van der Waals surface area contributed by atoms with E-state index in [2.05, 4.69) is 10.2 Å². The highest BCUT2D eigenvalue weighted by atomic mass is 16.5. The normalized spacial score (nSPS) is 18.8. The number of nitrogens with zero attached hydrogens (tertiary/aromatic N) is 2. The second-order valence-electron chi connectivity index (χ2n) is 13.4. The average molecular weight is 674 g/mol. The lowest BCUT2D eigenvalue weighted by atomic mass is 9.97. The zero-order valence-corrected chi connectivity index (χ0v) is 28.7. The van der Waals surface area contributed by atoms with Crippen LogP contribution in [-0.2, 0) is 33.7 Å². The van der Waals surface area contributed by atoms with Crippen LogP contribution in [0.2, 0.25) is 0 Å². The second-order valence-corrected chi connectivity index (χ2v) is 13.4. The number of alkyl carbamates (subject to hydrolysis) is 1. The third-order valence-electron chi connectivity index (χ3n) is 9.15. The van der Waals surface area contributed by atoms with Crippen LogP contribution in [0.1, 0.15) is 55.0 Å². The van der Waals surface area contributed by atoms with E-state index >= 15 is 0 Å². The summed E-state index contributed by atoms with van der Waals surface area (Å²) in [6.07, 6.45) is -1.36. The molecular weight excluding hydrogens is 622 g/mol. The van der Waals surface area contributed by atoms with Crippen LogP contribution in [0.5, 0.6) is 5.75 Å². The number of benzene rings is 3. The molecule has 1 aliphatic heterocycles. The molecule has 0 saturated carbocycles. The first-order chi connectivity index (χ1) is 23.8. The SMILES string of the molecule is CC(C)COC(=O)N[C@@H](Cc1ccccc1)[C@@H](O)CCC(=O)N(Cc1ccc(OCCN2CCOCC2)cc1)[C@H]1c2ccccc2C[C@H]1O. The monoisotopic (exact) mass is 673 g/mol. The fraction of sp³-hybridized carbons (Fsp3) is 0.487. The van der Waals surface area contributed by atoms with E-state index < -0.39 is 30.4 Å². The Balaban J connectivity index is 1.26. The van der Waals surface area contributed by atoms with E-state index in [1.165, 1.54) is 0 Å². The predicted molar refractivity (Wildman–Crippen MR) is 187 cm³/mol. The molecule has 2 aliphatic rings. The number of aliphatic hydroxyl groups excluding tert-OH is 2. The number of carbonyl (C=O) groups excluding carboxylic acids is 2. The summed E-state index contributed by atoms with van der Waals surface area (Å²) in [4.78, 5) is 30.8. The first-order valence-corrected chi connectivity index (χ1v) is 17.5. The summed E-state index contributed by atoms with van der Waals surface area (Å²) in [6.45, 7) is 9.19. The molecule has 2 amide bonds. The first-order valence-electron chi connectivity index (χ1n) is 17.5. The third-order valence-corrected chi connectivity index (χ3v) is 9.15. The van der Waals surface area contributed by atoms with Gasteiger partial charge in [-0.2, -0.15) is 0 Å². The van der Waals surface area contributed by atoms with Gasteiger partial charge in [-0.1, -0.05) is 80.6 Å².